The molecule has 0 spiro atoms. The number of ether oxygens (including phenoxy) is 1. The van der Waals surface area contributed by atoms with Crippen LogP contribution in [0.15, 0.2) is 68.6 Å². The molecule has 1 N–H and O–H groups in total. The van der Waals surface area contributed by atoms with Crippen LogP contribution in [0.2, 0.25) is 5.02 Å². The van der Waals surface area contributed by atoms with E-state index in [4.69, 9.17) is 16.3 Å². The van der Waals surface area contributed by atoms with Gasteiger partial charge in [-0.2, -0.15) is 5.10 Å². The molecule has 0 aliphatic carbocycles. The number of rotatable bonds is 7. The lowest BCUT2D eigenvalue weighted by atomic mass is 10.0. The summed E-state index contributed by atoms with van der Waals surface area (Å²) in [5.74, 6) is 0.520. The number of nitrogens with zero attached hydrogens (tertiary/aromatic N) is 1. The van der Waals surface area contributed by atoms with Gasteiger partial charge in [0.05, 0.1) is 21.6 Å². The number of benzene rings is 3. The predicted octanol–water partition coefficient (Wildman–Crippen LogP) is 6.75. The molecule has 0 aliphatic rings. The number of amides is 1. The summed E-state index contributed by atoms with van der Waals surface area (Å²) < 4.78 is 7.48. The van der Waals surface area contributed by atoms with Gasteiger partial charge in [-0.3, -0.25) is 4.79 Å². The van der Waals surface area contributed by atoms with Crippen molar-refractivity contribution in [2.45, 2.75) is 26.9 Å². The van der Waals surface area contributed by atoms with Gasteiger partial charge in [-0.1, -0.05) is 41.9 Å². The van der Waals surface area contributed by atoms with Crippen LogP contribution in [0.3, 0.4) is 0 Å². The third-order valence-corrected chi connectivity index (χ3v) is 6.09. The first-order valence-electron chi connectivity index (χ1n) is 9.56. The van der Waals surface area contributed by atoms with Crippen molar-refractivity contribution in [3.63, 3.8) is 0 Å². The smallest absolute Gasteiger partial charge is 0.244 e. The number of hydrogen-bond acceptors (Lipinski definition) is 3. The van der Waals surface area contributed by atoms with Gasteiger partial charge in [0.1, 0.15) is 12.4 Å². The van der Waals surface area contributed by atoms with Crippen LogP contribution >= 0.6 is 43.5 Å². The molecule has 0 fully saturated rings. The lowest BCUT2D eigenvalue weighted by molar-refractivity contribution is -0.120. The molecule has 0 saturated carbocycles. The van der Waals surface area contributed by atoms with Crippen LogP contribution in [0.25, 0.3) is 0 Å². The lowest BCUT2D eigenvalue weighted by Gasteiger charge is -2.11. The fraction of sp³-hybridized carbons (Fsp3) is 0.167. The molecule has 3 aromatic carbocycles. The largest absolute Gasteiger partial charge is 0.487 e. The Morgan fingerprint density at radius 2 is 1.65 bits per heavy atom. The second kappa shape index (κ2) is 10.9. The van der Waals surface area contributed by atoms with E-state index in [2.05, 4.69) is 42.4 Å². The van der Waals surface area contributed by atoms with Gasteiger partial charge in [0.15, 0.2) is 0 Å². The Labute approximate surface area is 203 Å². The van der Waals surface area contributed by atoms with Crippen molar-refractivity contribution in [1.82, 2.24) is 5.43 Å². The molecule has 0 atom stereocenters. The van der Waals surface area contributed by atoms with E-state index in [1.807, 2.05) is 68.4 Å². The van der Waals surface area contributed by atoms with Gasteiger partial charge in [0, 0.05) is 5.02 Å². The van der Waals surface area contributed by atoms with Gasteiger partial charge in [0.25, 0.3) is 0 Å². The van der Waals surface area contributed by atoms with Gasteiger partial charge in [-0.05, 0) is 97.8 Å². The van der Waals surface area contributed by atoms with Crippen molar-refractivity contribution < 1.29 is 9.53 Å². The van der Waals surface area contributed by atoms with Crippen molar-refractivity contribution >= 4 is 55.6 Å². The van der Waals surface area contributed by atoms with Crippen molar-refractivity contribution in [3.05, 3.63) is 96.4 Å². The van der Waals surface area contributed by atoms with Crippen LogP contribution in [-0.4, -0.2) is 12.1 Å². The van der Waals surface area contributed by atoms with Gasteiger partial charge >= 0.3 is 0 Å². The maximum atomic E-state index is 12.2. The number of hydrogen-bond donors (Lipinski definition) is 1. The van der Waals surface area contributed by atoms with Crippen LogP contribution in [0.1, 0.15) is 27.8 Å². The monoisotopic (exact) mass is 562 g/mol. The average Bonchev–Trinajstić information content (AvgIpc) is 2.71. The molecule has 3 aromatic rings. The number of hydrazone groups is 1. The minimum atomic E-state index is -0.166. The Morgan fingerprint density at radius 3 is 2.29 bits per heavy atom. The van der Waals surface area contributed by atoms with E-state index >= 15 is 0 Å². The molecule has 31 heavy (non-hydrogen) atoms. The summed E-state index contributed by atoms with van der Waals surface area (Å²) in [5.41, 5.74) is 7.74. The first-order chi connectivity index (χ1) is 14.8. The van der Waals surface area contributed by atoms with E-state index in [1.165, 1.54) is 11.1 Å². The Morgan fingerprint density at radius 1 is 1.00 bits per heavy atom. The highest BCUT2D eigenvalue weighted by Gasteiger charge is 2.09. The standard InChI is InChI=1S/C24H21Br2ClN2O2/c1-15-3-4-18(9-16(15)2)12-23(30)29-28-13-19-10-21(25)24(22(26)11-19)31-14-17-5-7-20(27)8-6-17/h3-11,13H,12,14H2,1-2H3,(H,29,30). The Balaban J connectivity index is 1.58. The number of nitrogens with one attached hydrogen (secondary N) is 1. The Hall–Kier alpha value is -2.15. The summed E-state index contributed by atoms with van der Waals surface area (Å²) in [6.45, 7) is 4.50. The number of carbonyl (C=O) groups excluding carboxylic acids is 1. The van der Waals surface area contributed by atoms with E-state index in [0.29, 0.717) is 17.4 Å². The zero-order valence-corrected chi connectivity index (χ0v) is 21.0. The van der Waals surface area contributed by atoms with Crippen molar-refractivity contribution in [2.24, 2.45) is 5.10 Å². The second-order valence-corrected chi connectivity index (χ2v) is 9.26. The molecule has 0 radical (unpaired) electrons. The summed E-state index contributed by atoms with van der Waals surface area (Å²) >= 11 is 13.0. The summed E-state index contributed by atoms with van der Waals surface area (Å²) in [7, 11) is 0. The first kappa shape index (κ1) is 23.5. The molecule has 0 bridgehead atoms. The Kier molecular flexibility index (Phi) is 8.29. The van der Waals surface area contributed by atoms with Crippen molar-refractivity contribution in [1.29, 1.82) is 0 Å². The molecule has 0 aliphatic heterocycles. The number of halogens is 3. The minimum absolute atomic E-state index is 0.166. The average molecular weight is 565 g/mol. The molecule has 3 rings (SSSR count). The summed E-state index contributed by atoms with van der Waals surface area (Å²) in [4.78, 5) is 12.2. The zero-order chi connectivity index (χ0) is 22.4. The third-order valence-electron chi connectivity index (χ3n) is 4.66. The van der Waals surface area contributed by atoms with Gasteiger partial charge < -0.3 is 4.74 Å². The molecule has 0 heterocycles. The predicted molar refractivity (Wildman–Crippen MR) is 133 cm³/mol. The van der Waals surface area contributed by atoms with Gasteiger partial charge in [0.2, 0.25) is 5.91 Å². The van der Waals surface area contributed by atoms with Gasteiger partial charge in [-0.25, -0.2) is 5.43 Å². The van der Waals surface area contributed by atoms with Crippen LogP contribution in [-0.2, 0) is 17.8 Å². The highest BCUT2D eigenvalue weighted by molar-refractivity contribution is 9.11. The fourth-order valence-corrected chi connectivity index (χ4v) is 4.42. The quantitative estimate of drug-likeness (QED) is 0.255. The second-order valence-electron chi connectivity index (χ2n) is 7.12. The number of carbonyl (C=O) groups is 1. The molecular formula is C24H21Br2ClN2O2. The number of aryl methyl sites for hydroxylation is 2. The molecule has 0 unspecified atom stereocenters. The Bertz CT molecular complexity index is 1090. The maximum absolute atomic E-state index is 12.2. The summed E-state index contributed by atoms with van der Waals surface area (Å²) in [5, 5.41) is 4.76. The van der Waals surface area contributed by atoms with Crippen molar-refractivity contribution in [2.75, 3.05) is 0 Å². The zero-order valence-electron chi connectivity index (χ0n) is 17.1. The van der Waals surface area contributed by atoms with Crippen molar-refractivity contribution in [3.8, 4) is 5.75 Å². The van der Waals surface area contributed by atoms with E-state index in [0.717, 1.165) is 25.6 Å². The molecule has 160 valence electrons. The normalized spacial score (nSPS) is 11.0. The van der Waals surface area contributed by atoms with Crippen LogP contribution < -0.4 is 10.2 Å². The SMILES string of the molecule is Cc1ccc(CC(=O)NN=Cc2cc(Br)c(OCc3ccc(Cl)cc3)c(Br)c2)cc1C. The molecule has 4 nitrogen and oxygen atoms in total. The van der Waals surface area contributed by atoms with E-state index in [9.17, 15) is 4.79 Å². The molecular weight excluding hydrogens is 544 g/mol. The van der Waals surface area contributed by atoms with E-state index in [-0.39, 0.29) is 12.3 Å². The first-order valence-corrected chi connectivity index (χ1v) is 11.5. The molecule has 0 saturated heterocycles. The third kappa shape index (κ3) is 6.92. The maximum Gasteiger partial charge on any atom is 0.244 e. The van der Waals surface area contributed by atoms with Crippen LogP contribution in [0, 0.1) is 13.8 Å². The van der Waals surface area contributed by atoms with Crippen LogP contribution in [0.4, 0.5) is 0 Å². The highest BCUT2D eigenvalue weighted by Crippen LogP contribution is 2.35. The summed E-state index contributed by atoms with van der Waals surface area (Å²) in [6, 6.07) is 17.3. The molecule has 7 heteroatoms. The van der Waals surface area contributed by atoms with E-state index in [1.54, 1.807) is 6.21 Å². The molecule has 1 amide bonds. The summed E-state index contributed by atoms with van der Waals surface area (Å²) in [6.07, 6.45) is 1.88. The van der Waals surface area contributed by atoms with E-state index < -0.39 is 0 Å². The van der Waals surface area contributed by atoms with Crippen LogP contribution in [0.5, 0.6) is 5.75 Å². The minimum Gasteiger partial charge on any atom is -0.487 e. The lowest BCUT2D eigenvalue weighted by Crippen LogP contribution is -2.19. The van der Waals surface area contributed by atoms with Gasteiger partial charge in [-0.15, -0.1) is 0 Å². The highest BCUT2D eigenvalue weighted by atomic mass is 79.9. The topological polar surface area (TPSA) is 50.7 Å². The fourth-order valence-electron chi connectivity index (χ4n) is 2.85. The molecule has 0 aromatic heterocycles.